The molecule has 0 aliphatic carbocycles. The minimum absolute atomic E-state index is 0.235. The summed E-state index contributed by atoms with van der Waals surface area (Å²) in [4.78, 5) is 13.9. The lowest BCUT2D eigenvalue weighted by atomic mass is 9.86. The third-order valence-corrected chi connectivity index (χ3v) is 6.10. The number of aromatic nitrogens is 3. The molecule has 182 valence electrons. The number of hydrogen-bond acceptors (Lipinski definition) is 8. The minimum atomic E-state index is -0.376. The van der Waals surface area contributed by atoms with Gasteiger partial charge in [0.25, 0.3) is 0 Å². The Morgan fingerprint density at radius 2 is 2.03 bits per heavy atom. The number of piperidine rings is 1. The van der Waals surface area contributed by atoms with Crippen LogP contribution in [0.4, 0.5) is 0 Å². The van der Waals surface area contributed by atoms with Gasteiger partial charge in [0.2, 0.25) is 5.88 Å². The Kier molecular flexibility index (Phi) is 7.12. The van der Waals surface area contributed by atoms with Gasteiger partial charge < -0.3 is 15.9 Å². The van der Waals surface area contributed by atoms with Crippen LogP contribution in [0.1, 0.15) is 63.6 Å². The van der Waals surface area contributed by atoms with E-state index in [1.54, 1.807) is 10.6 Å². The normalized spacial score (nSPS) is 16.8. The molecular formula is C26H32N8O. The molecule has 9 nitrogen and oxygen atoms in total. The highest BCUT2D eigenvalue weighted by Crippen LogP contribution is 2.37. The predicted octanol–water partition coefficient (Wildman–Crippen LogP) is 3.64. The number of hydrogen-bond donors (Lipinski definition) is 2. The summed E-state index contributed by atoms with van der Waals surface area (Å²) in [7, 11) is 0. The smallest absolute Gasteiger partial charge is 0.201 e. The highest BCUT2D eigenvalue weighted by Gasteiger charge is 2.31. The fourth-order valence-corrected chi connectivity index (χ4v) is 4.36. The van der Waals surface area contributed by atoms with Crippen molar-refractivity contribution in [3.8, 4) is 11.9 Å². The lowest BCUT2D eigenvalue weighted by Gasteiger charge is -2.31. The molecule has 0 spiro atoms. The summed E-state index contributed by atoms with van der Waals surface area (Å²) in [5.41, 5.74) is 3.53. The van der Waals surface area contributed by atoms with Crippen molar-refractivity contribution >= 4 is 17.1 Å². The van der Waals surface area contributed by atoms with E-state index >= 15 is 0 Å². The maximum absolute atomic E-state index is 9.71. The second-order valence-corrected chi connectivity index (χ2v) is 9.82. The first-order chi connectivity index (χ1) is 16.8. The van der Waals surface area contributed by atoms with E-state index in [0.717, 1.165) is 42.9 Å². The van der Waals surface area contributed by atoms with Crippen LogP contribution in [0.5, 0.6) is 5.88 Å². The second kappa shape index (κ2) is 10.2. The monoisotopic (exact) mass is 472 g/mol. The van der Waals surface area contributed by atoms with Crippen LogP contribution in [-0.4, -0.2) is 44.9 Å². The van der Waals surface area contributed by atoms with Crippen molar-refractivity contribution in [2.75, 3.05) is 13.1 Å². The molecule has 3 aromatic heterocycles. The van der Waals surface area contributed by atoms with Gasteiger partial charge in [-0.3, -0.25) is 14.4 Å². The zero-order chi connectivity index (χ0) is 25.0. The molecule has 0 aromatic carbocycles. The molecule has 1 unspecified atom stereocenters. The van der Waals surface area contributed by atoms with Crippen molar-refractivity contribution in [1.82, 2.24) is 19.7 Å². The molecule has 4 heterocycles. The molecule has 9 heteroatoms. The largest absolute Gasteiger partial charge is 0.468 e. The third-order valence-electron chi connectivity index (χ3n) is 6.10. The minimum Gasteiger partial charge on any atom is -0.468 e. The Balaban J connectivity index is 1.80. The number of nitrogens with two attached hydrogens (primary N) is 1. The van der Waals surface area contributed by atoms with Crippen LogP contribution < -0.4 is 15.9 Å². The Labute approximate surface area is 205 Å². The summed E-state index contributed by atoms with van der Waals surface area (Å²) in [5.74, 6) is 6.33. The number of nitriles is 1. The summed E-state index contributed by atoms with van der Waals surface area (Å²) in [5, 5.41) is 17.2. The SMILES string of the molecule is CC(=NC1CCNCC1)/C(=N\N)c1cc(OC(c2ccccn2)C(C)(C)C)n2c(C#N)cnc2c1. The van der Waals surface area contributed by atoms with E-state index in [4.69, 9.17) is 15.6 Å². The van der Waals surface area contributed by atoms with Gasteiger partial charge in [0.05, 0.1) is 23.6 Å². The zero-order valence-corrected chi connectivity index (χ0v) is 20.7. The van der Waals surface area contributed by atoms with Gasteiger partial charge in [-0.25, -0.2) is 4.98 Å². The summed E-state index contributed by atoms with van der Waals surface area (Å²) >= 11 is 0. The van der Waals surface area contributed by atoms with E-state index in [1.807, 2.05) is 37.3 Å². The van der Waals surface area contributed by atoms with E-state index in [2.05, 4.69) is 47.2 Å². The van der Waals surface area contributed by atoms with Gasteiger partial charge in [-0.1, -0.05) is 26.8 Å². The van der Waals surface area contributed by atoms with E-state index < -0.39 is 0 Å². The molecule has 3 aromatic rings. The predicted molar refractivity (Wildman–Crippen MR) is 137 cm³/mol. The number of hydrazone groups is 1. The second-order valence-electron chi connectivity index (χ2n) is 9.82. The maximum atomic E-state index is 9.71. The summed E-state index contributed by atoms with van der Waals surface area (Å²) < 4.78 is 8.32. The quantitative estimate of drug-likeness (QED) is 0.320. The highest BCUT2D eigenvalue weighted by atomic mass is 16.5. The number of pyridine rings is 2. The number of aliphatic imine (C=N–C) groups is 1. The maximum Gasteiger partial charge on any atom is 0.201 e. The Bertz CT molecular complexity index is 1270. The van der Waals surface area contributed by atoms with Gasteiger partial charge in [-0.15, -0.1) is 0 Å². The molecule has 0 amide bonds. The lowest BCUT2D eigenvalue weighted by molar-refractivity contribution is 0.0769. The molecule has 1 aliphatic heterocycles. The Hall–Kier alpha value is -3.77. The van der Waals surface area contributed by atoms with Crippen LogP contribution in [0.2, 0.25) is 0 Å². The van der Waals surface area contributed by atoms with Crippen molar-refractivity contribution in [3.05, 3.63) is 59.7 Å². The van der Waals surface area contributed by atoms with Crippen molar-refractivity contribution in [2.24, 2.45) is 21.4 Å². The van der Waals surface area contributed by atoms with Crippen LogP contribution >= 0.6 is 0 Å². The van der Waals surface area contributed by atoms with Crippen LogP contribution in [0, 0.1) is 16.7 Å². The fraction of sp³-hybridized carbons (Fsp3) is 0.423. The molecule has 1 aliphatic rings. The van der Waals surface area contributed by atoms with Gasteiger partial charge in [-0.05, 0) is 51.1 Å². The average molecular weight is 473 g/mol. The van der Waals surface area contributed by atoms with Crippen molar-refractivity contribution < 1.29 is 4.74 Å². The molecular weight excluding hydrogens is 440 g/mol. The van der Waals surface area contributed by atoms with Gasteiger partial charge >= 0.3 is 0 Å². The van der Waals surface area contributed by atoms with Crippen LogP contribution in [0.25, 0.3) is 5.65 Å². The summed E-state index contributed by atoms with van der Waals surface area (Å²) in [6.45, 7) is 10.1. The molecule has 1 saturated heterocycles. The molecule has 3 N–H and O–H groups in total. The number of ether oxygens (including phenoxy) is 1. The molecule has 4 rings (SSSR count). The Morgan fingerprint density at radius 3 is 2.66 bits per heavy atom. The molecule has 1 fully saturated rings. The van der Waals surface area contributed by atoms with Crippen molar-refractivity contribution in [1.29, 1.82) is 5.26 Å². The number of fused-ring (bicyclic) bond motifs is 1. The highest BCUT2D eigenvalue weighted by molar-refractivity contribution is 6.47. The van der Waals surface area contributed by atoms with Gasteiger partial charge in [-0.2, -0.15) is 10.4 Å². The van der Waals surface area contributed by atoms with Crippen LogP contribution in [-0.2, 0) is 0 Å². The number of nitrogens with zero attached hydrogens (tertiary/aromatic N) is 6. The molecule has 0 saturated carbocycles. The third kappa shape index (κ3) is 5.33. The molecule has 35 heavy (non-hydrogen) atoms. The standard InChI is InChI=1S/C26H32N8O/c1-17(32-19-8-11-29-12-9-19)24(33-28)18-13-22-31-16-20(15-27)34(22)23(14-18)35-25(26(2,3)4)21-7-5-6-10-30-21/h5-7,10,13-14,16,19,25,29H,8-9,11-12,28H2,1-4H3/b32-17?,33-24+. The number of nitrogens with one attached hydrogen (secondary N) is 1. The number of rotatable bonds is 6. The van der Waals surface area contributed by atoms with E-state index in [1.165, 1.54) is 6.20 Å². The number of imidazole rings is 1. The van der Waals surface area contributed by atoms with E-state index in [0.29, 0.717) is 22.9 Å². The molecule has 1 atom stereocenters. The van der Waals surface area contributed by atoms with E-state index in [9.17, 15) is 5.26 Å². The van der Waals surface area contributed by atoms with Gasteiger partial charge in [0.15, 0.2) is 0 Å². The molecule has 0 bridgehead atoms. The van der Waals surface area contributed by atoms with Crippen LogP contribution in [0.15, 0.2) is 52.8 Å². The van der Waals surface area contributed by atoms with Gasteiger partial charge in [0.1, 0.15) is 29.2 Å². The first kappa shape index (κ1) is 24.4. The first-order valence-corrected chi connectivity index (χ1v) is 11.8. The summed E-state index contributed by atoms with van der Waals surface area (Å²) in [6, 6.07) is 11.9. The topological polar surface area (TPSA) is 126 Å². The zero-order valence-electron chi connectivity index (χ0n) is 20.7. The molecule has 0 radical (unpaired) electrons. The van der Waals surface area contributed by atoms with Crippen molar-refractivity contribution in [3.63, 3.8) is 0 Å². The van der Waals surface area contributed by atoms with E-state index in [-0.39, 0.29) is 17.6 Å². The Morgan fingerprint density at radius 1 is 1.26 bits per heavy atom. The lowest BCUT2D eigenvalue weighted by Crippen LogP contribution is -2.31. The van der Waals surface area contributed by atoms with Crippen molar-refractivity contribution in [2.45, 2.75) is 52.7 Å². The first-order valence-electron chi connectivity index (χ1n) is 11.8. The fourth-order valence-electron chi connectivity index (χ4n) is 4.36. The van der Waals surface area contributed by atoms with Gasteiger partial charge in [0, 0.05) is 23.2 Å². The van der Waals surface area contributed by atoms with Crippen LogP contribution in [0.3, 0.4) is 0 Å². The summed E-state index contributed by atoms with van der Waals surface area (Å²) in [6.07, 6.45) is 4.87. The average Bonchev–Trinajstić information content (AvgIpc) is 3.27.